The van der Waals surface area contributed by atoms with Crippen molar-refractivity contribution in [2.75, 3.05) is 7.11 Å². The van der Waals surface area contributed by atoms with E-state index in [1.54, 1.807) is 14.0 Å². The summed E-state index contributed by atoms with van der Waals surface area (Å²) in [5.41, 5.74) is 1.81. The predicted octanol–water partition coefficient (Wildman–Crippen LogP) is 2.84. The highest BCUT2D eigenvalue weighted by Gasteiger charge is 2.14. The number of methoxy groups -OCH3 is 1. The van der Waals surface area contributed by atoms with Crippen molar-refractivity contribution in [1.29, 1.82) is 0 Å². The average molecular weight is 375 g/mol. The van der Waals surface area contributed by atoms with Crippen LogP contribution in [0.5, 0.6) is 5.75 Å². The second-order valence-corrected chi connectivity index (χ2v) is 7.09. The summed E-state index contributed by atoms with van der Waals surface area (Å²) in [4.78, 5) is 31.6. The number of thioether (sulfide) groups is 1. The molecular formula is C19H25N3O3S. The second kappa shape index (κ2) is 9.43. The van der Waals surface area contributed by atoms with Gasteiger partial charge in [0.1, 0.15) is 5.75 Å². The third-order valence-electron chi connectivity index (χ3n) is 4.07. The van der Waals surface area contributed by atoms with Crippen molar-refractivity contribution in [3.05, 3.63) is 51.4 Å². The molecule has 0 saturated carbocycles. The molecule has 140 valence electrons. The summed E-state index contributed by atoms with van der Waals surface area (Å²) in [7, 11) is 1.63. The summed E-state index contributed by atoms with van der Waals surface area (Å²) < 4.78 is 5.21. The quantitative estimate of drug-likeness (QED) is 0.547. The molecule has 6 nitrogen and oxygen atoms in total. The Hall–Kier alpha value is -2.28. The van der Waals surface area contributed by atoms with E-state index in [-0.39, 0.29) is 23.9 Å². The first-order valence-electron chi connectivity index (χ1n) is 8.57. The molecule has 0 saturated heterocycles. The number of rotatable bonds is 8. The van der Waals surface area contributed by atoms with Gasteiger partial charge in [-0.05, 0) is 38.0 Å². The third kappa shape index (κ3) is 5.62. The number of nitrogens with one attached hydrogen (secondary N) is 2. The van der Waals surface area contributed by atoms with Gasteiger partial charge in [-0.25, -0.2) is 4.98 Å². The minimum absolute atomic E-state index is 0.0410. The number of ether oxygens (including phenoxy) is 1. The molecule has 1 unspecified atom stereocenters. The summed E-state index contributed by atoms with van der Waals surface area (Å²) in [6.07, 6.45) is 0.887. The smallest absolute Gasteiger partial charge is 0.255 e. The Morgan fingerprint density at radius 2 is 2.19 bits per heavy atom. The molecule has 2 rings (SSSR count). The van der Waals surface area contributed by atoms with Gasteiger partial charge in [0.25, 0.3) is 5.56 Å². The van der Waals surface area contributed by atoms with Crippen molar-refractivity contribution < 1.29 is 9.53 Å². The molecule has 0 aliphatic rings. The first kappa shape index (κ1) is 20.0. The fourth-order valence-electron chi connectivity index (χ4n) is 2.36. The maximum atomic E-state index is 12.4. The van der Waals surface area contributed by atoms with E-state index in [0.29, 0.717) is 22.2 Å². The number of aromatic amines is 1. The average Bonchev–Trinajstić information content (AvgIpc) is 2.63. The summed E-state index contributed by atoms with van der Waals surface area (Å²) in [6.45, 7) is 5.70. The van der Waals surface area contributed by atoms with Gasteiger partial charge in [0.15, 0.2) is 5.16 Å². The molecule has 2 N–H and O–H groups in total. The van der Waals surface area contributed by atoms with Gasteiger partial charge >= 0.3 is 0 Å². The number of nitrogens with zero attached hydrogens (tertiary/aromatic N) is 1. The van der Waals surface area contributed by atoms with Gasteiger partial charge in [-0.1, -0.05) is 30.8 Å². The summed E-state index contributed by atoms with van der Waals surface area (Å²) in [5, 5.41) is 3.41. The normalized spacial score (nSPS) is 11.8. The van der Waals surface area contributed by atoms with Crippen molar-refractivity contribution in [3.63, 3.8) is 0 Å². The molecule has 1 atom stereocenters. The lowest BCUT2D eigenvalue weighted by molar-refractivity contribution is -0.121. The van der Waals surface area contributed by atoms with Crippen molar-refractivity contribution in [2.45, 2.75) is 50.6 Å². The number of carbonyl (C=O) groups is 1. The minimum atomic E-state index is -0.259. The maximum absolute atomic E-state index is 12.4. The van der Waals surface area contributed by atoms with E-state index in [4.69, 9.17) is 4.74 Å². The highest BCUT2D eigenvalue weighted by molar-refractivity contribution is 7.98. The molecule has 0 radical (unpaired) electrons. The van der Waals surface area contributed by atoms with E-state index in [0.717, 1.165) is 17.7 Å². The lowest BCUT2D eigenvalue weighted by Gasteiger charge is -2.12. The van der Waals surface area contributed by atoms with Gasteiger partial charge in [-0.2, -0.15) is 0 Å². The van der Waals surface area contributed by atoms with Gasteiger partial charge in [-0.15, -0.1) is 0 Å². The Morgan fingerprint density at radius 1 is 1.42 bits per heavy atom. The zero-order valence-corrected chi connectivity index (χ0v) is 16.4. The van der Waals surface area contributed by atoms with Crippen LogP contribution in [0.4, 0.5) is 0 Å². The van der Waals surface area contributed by atoms with E-state index >= 15 is 0 Å². The molecule has 0 bridgehead atoms. The van der Waals surface area contributed by atoms with Crippen LogP contribution >= 0.6 is 11.8 Å². The van der Waals surface area contributed by atoms with Crippen molar-refractivity contribution in [2.24, 2.45) is 0 Å². The van der Waals surface area contributed by atoms with Gasteiger partial charge in [-0.3, -0.25) is 9.59 Å². The van der Waals surface area contributed by atoms with Crippen LogP contribution in [-0.2, 0) is 17.0 Å². The monoisotopic (exact) mass is 375 g/mol. The van der Waals surface area contributed by atoms with E-state index in [1.165, 1.54) is 11.8 Å². The molecule has 1 heterocycles. The first-order chi connectivity index (χ1) is 12.4. The predicted molar refractivity (Wildman–Crippen MR) is 104 cm³/mol. The molecule has 0 fully saturated rings. The van der Waals surface area contributed by atoms with Crippen LogP contribution in [0.1, 0.15) is 37.1 Å². The molecule has 1 aromatic heterocycles. The van der Waals surface area contributed by atoms with Gasteiger partial charge in [0, 0.05) is 23.1 Å². The molecule has 26 heavy (non-hydrogen) atoms. The molecule has 1 aromatic carbocycles. The van der Waals surface area contributed by atoms with E-state index in [2.05, 4.69) is 15.3 Å². The van der Waals surface area contributed by atoms with Crippen molar-refractivity contribution in [3.8, 4) is 5.75 Å². The van der Waals surface area contributed by atoms with Crippen LogP contribution in [-0.4, -0.2) is 29.0 Å². The number of hydrogen-bond donors (Lipinski definition) is 2. The number of aromatic nitrogens is 2. The van der Waals surface area contributed by atoms with Crippen LogP contribution in [0.15, 0.2) is 34.2 Å². The highest BCUT2D eigenvalue weighted by Crippen LogP contribution is 2.21. The first-order valence-corrected chi connectivity index (χ1v) is 9.56. The number of benzene rings is 1. The fraction of sp³-hybridized carbons (Fsp3) is 0.421. The van der Waals surface area contributed by atoms with E-state index in [1.807, 2.05) is 38.1 Å². The van der Waals surface area contributed by atoms with E-state index in [9.17, 15) is 9.59 Å². The zero-order valence-electron chi connectivity index (χ0n) is 15.6. The Balaban J connectivity index is 2.06. The van der Waals surface area contributed by atoms with Crippen LogP contribution < -0.4 is 15.6 Å². The van der Waals surface area contributed by atoms with Gasteiger partial charge in [0.2, 0.25) is 5.91 Å². The fourth-order valence-corrected chi connectivity index (χ4v) is 3.21. The minimum Gasteiger partial charge on any atom is -0.497 e. The zero-order chi connectivity index (χ0) is 19.1. The summed E-state index contributed by atoms with van der Waals surface area (Å²) in [5.74, 6) is 1.29. The summed E-state index contributed by atoms with van der Waals surface area (Å²) in [6, 6.07) is 7.85. The van der Waals surface area contributed by atoms with Crippen LogP contribution in [0.25, 0.3) is 0 Å². The van der Waals surface area contributed by atoms with Crippen LogP contribution in [0, 0.1) is 6.92 Å². The molecule has 0 aliphatic heterocycles. The van der Waals surface area contributed by atoms with E-state index < -0.39 is 0 Å². The topological polar surface area (TPSA) is 84.1 Å². The molecule has 7 heteroatoms. The summed E-state index contributed by atoms with van der Waals surface area (Å²) >= 11 is 1.44. The standard InChI is InChI=1S/C19H25N3O3S/c1-5-12(2)20-17(23)10-16-13(3)21-19(22-18(16)24)26-11-14-7-6-8-15(9-14)25-4/h6-9,12H,5,10-11H2,1-4H3,(H,20,23)(H,21,22,24). The molecular weight excluding hydrogens is 350 g/mol. The number of H-pyrrole nitrogens is 1. The van der Waals surface area contributed by atoms with Gasteiger partial charge < -0.3 is 15.0 Å². The lowest BCUT2D eigenvalue weighted by atomic mass is 10.1. The van der Waals surface area contributed by atoms with Crippen molar-refractivity contribution >= 4 is 17.7 Å². The van der Waals surface area contributed by atoms with Crippen LogP contribution in [0.2, 0.25) is 0 Å². The SMILES string of the molecule is CCC(C)NC(=O)Cc1c(C)nc(SCc2cccc(OC)c2)[nH]c1=O. The number of hydrogen-bond acceptors (Lipinski definition) is 5. The Morgan fingerprint density at radius 3 is 2.85 bits per heavy atom. The Kier molecular flexibility index (Phi) is 7.26. The lowest BCUT2D eigenvalue weighted by Crippen LogP contribution is -2.35. The highest BCUT2D eigenvalue weighted by atomic mass is 32.2. The molecule has 1 amide bonds. The van der Waals surface area contributed by atoms with Gasteiger partial charge in [0.05, 0.1) is 13.5 Å². The number of aryl methyl sites for hydroxylation is 1. The maximum Gasteiger partial charge on any atom is 0.255 e. The van der Waals surface area contributed by atoms with Crippen LogP contribution in [0.3, 0.4) is 0 Å². The second-order valence-electron chi connectivity index (χ2n) is 6.13. The third-order valence-corrected chi connectivity index (χ3v) is 5.01. The Labute approximate surface area is 157 Å². The largest absolute Gasteiger partial charge is 0.497 e. The molecule has 2 aromatic rings. The van der Waals surface area contributed by atoms with Crippen molar-refractivity contribution in [1.82, 2.24) is 15.3 Å². The molecule has 0 spiro atoms. The Bertz CT molecular complexity index is 820. The molecule has 0 aliphatic carbocycles. The number of carbonyl (C=O) groups excluding carboxylic acids is 1. The number of amides is 1.